The van der Waals surface area contributed by atoms with Gasteiger partial charge in [-0.05, 0) is 23.8 Å². The molecule has 124 valence electrons. The highest BCUT2D eigenvalue weighted by atomic mass is 19.4. The maximum atomic E-state index is 12.6. The minimum atomic E-state index is -5.02. The van der Waals surface area contributed by atoms with Crippen LogP contribution in [-0.4, -0.2) is 23.7 Å². The molecule has 1 aliphatic heterocycles. The second-order valence-corrected chi connectivity index (χ2v) is 4.90. The first-order valence-corrected chi connectivity index (χ1v) is 5.87. The first kappa shape index (κ1) is 16.9. The van der Waals surface area contributed by atoms with E-state index in [0.29, 0.717) is 12.1 Å². The quantitative estimate of drug-likeness (QED) is 0.568. The summed E-state index contributed by atoms with van der Waals surface area (Å²) in [4.78, 5) is 0.746. The lowest BCUT2D eigenvalue weighted by atomic mass is 10.0. The van der Waals surface area contributed by atoms with Gasteiger partial charge in [0.1, 0.15) is 6.04 Å². The van der Waals surface area contributed by atoms with Crippen LogP contribution >= 0.6 is 0 Å². The highest BCUT2D eigenvalue weighted by Gasteiger charge is 2.54. The highest BCUT2D eigenvalue weighted by molar-refractivity contribution is 5.34. The third-order valence-electron chi connectivity index (χ3n) is 3.13. The molecule has 1 aliphatic rings. The highest BCUT2D eigenvalue weighted by Crippen LogP contribution is 2.39. The van der Waals surface area contributed by atoms with Crippen molar-refractivity contribution in [1.29, 1.82) is 0 Å². The van der Waals surface area contributed by atoms with Crippen molar-refractivity contribution >= 4 is 0 Å². The summed E-state index contributed by atoms with van der Waals surface area (Å²) in [6, 6.07) is -1.02. The van der Waals surface area contributed by atoms with Gasteiger partial charge >= 0.3 is 18.5 Å². The molecule has 1 aromatic carbocycles. The van der Waals surface area contributed by atoms with Crippen LogP contribution in [0.2, 0.25) is 0 Å². The molecule has 1 aromatic rings. The molecule has 1 heterocycles. The van der Waals surface area contributed by atoms with Crippen molar-refractivity contribution in [3.63, 3.8) is 0 Å². The molecule has 2 atom stereocenters. The summed E-state index contributed by atoms with van der Waals surface area (Å²) < 4.78 is 113. The van der Waals surface area contributed by atoms with Crippen molar-refractivity contribution in [2.45, 2.75) is 31.1 Å². The Labute approximate surface area is 118 Å². The van der Waals surface area contributed by atoms with E-state index in [1.165, 1.54) is 0 Å². The molecule has 0 N–H and O–H groups in total. The molecule has 2 unspecified atom stereocenters. The Balaban J connectivity index is 2.28. The Morgan fingerprint density at radius 3 is 1.59 bits per heavy atom. The maximum Gasteiger partial charge on any atom is 0.416 e. The number of halogens is 9. The average molecular weight is 337 g/mol. The van der Waals surface area contributed by atoms with E-state index in [2.05, 4.69) is 0 Å². The Morgan fingerprint density at radius 1 is 0.818 bits per heavy atom. The fraction of sp³-hybridized carbons (Fsp3) is 0.500. The average Bonchev–Trinajstić information content (AvgIpc) is 3.05. The number of benzene rings is 1. The summed E-state index contributed by atoms with van der Waals surface area (Å²) in [5, 5.41) is 0. The van der Waals surface area contributed by atoms with Crippen molar-refractivity contribution in [2.75, 3.05) is 6.54 Å². The van der Waals surface area contributed by atoms with Crippen molar-refractivity contribution in [2.24, 2.45) is 0 Å². The van der Waals surface area contributed by atoms with Gasteiger partial charge in [0.2, 0.25) is 0 Å². The smallest absolute Gasteiger partial charge is 0.285 e. The van der Waals surface area contributed by atoms with Crippen molar-refractivity contribution in [3.05, 3.63) is 34.9 Å². The topological polar surface area (TPSA) is 3.01 Å². The fourth-order valence-corrected chi connectivity index (χ4v) is 2.01. The minimum Gasteiger partial charge on any atom is -0.285 e. The van der Waals surface area contributed by atoms with Gasteiger partial charge in [-0.3, -0.25) is 4.90 Å². The lowest BCUT2D eigenvalue weighted by Gasteiger charge is -2.15. The van der Waals surface area contributed by atoms with Gasteiger partial charge in [-0.25, -0.2) is 0 Å². The third-order valence-corrected chi connectivity index (χ3v) is 3.13. The van der Waals surface area contributed by atoms with Gasteiger partial charge < -0.3 is 0 Å². The zero-order valence-corrected chi connectivity index (χ0v) is 10.6. The van der Waals surface area contributed by atoms with Crippen LogP contribution in [0, 0.1) is 0 Å². The fourth-order valence-electron chi connectivity index (χ4n) is 2.01. The molecule has 10 heteroatoms. The predicted molar refractivity (Wildman–Crippen MR) is 56.7 cm³/mol. The summed E-state index contributed by atoms with van der Waals surface area (Å²) in [5.41, 5.74) is -3.54. The molecule has 2 rings (SSSR count). The van der Waals surface area contributed by atoms with Crippen LogP contribution in [0.1, 0.15) is 16.7 Å². The van der Waals surface area contributed by atoms with Crippen molar-refractivity contribution < 1.29 is 39.5 Å². The number of alkyl halides is 9. The molecule has 22 heavy (non-hydrogen) atoms. The second kappa shape index (κ2) is 5.04. The Morgan fingerprint density at radius 2 is 1.27 bits per heavy atom. The van der Waals surface area contributed by atoms with E-state index in [9.17, 15) is 39.5 Å². The van der Waals surface area contributed by atoms with E-state index in [0.717, 1.165) is 4.90 Å². The Bertz CT molecular complexity index is 523. The molecule has 0 aromatic heterocycles. The molecule has 0 radical (unpaired) electrons. The zero-order valence-electron chi connectivity index (χ0n) is 10.6. The van der Waals surface area contributed by atoms with Crippen molar-refractivity contribution in [1.82, 2.24) is 4.90 Å². The normalized spacial score (nSPS) is 22.8. The van der Waals surface area contributed by atoms with E-state index < -0.39 is 54.4 Å². The van der Waals surface area contributed by atoms with E-state index in [1.807, 2.05) is 0 Å². The monoisotopic (exact) mass is 337 g/mol. The van der Waals surface area contributed by atoms with Gasteiger partial charge in [0.25, 0.3) is 0 Å². The molecule has 0 aliphatic carbocycles. The van der Waals surface area contributed by atoms with Crippen LogP contribution in [0.25, 0.3) is 0 Å². The third kappa shape index (κ3) is 3.84. The Hall–Kier alpha value is -1.45. The van der Waals surface area contributed by atoms with Crippen LogP contribution in [0.4, 0.5) is 39.5 Å². The van der Waals surface area contributed by atoms with Gasteiger partial charge in [0.15, 0.2) is 0 Å². The van der Waals surface area contributed by atoms with E-state index in [-0.39, 0.29) is 6.07 Å². The zero-order chi connectivity index (χ0) is 16.9. The number of nitrogens with zero attached hydrogens (tertiary/aromatic N) is 1. The Kier molecular flexibility index (Phi) is 3.87. The second-order valence-electron chi connectivity index (χ2n) is 4.90. The minimum absolute atomic E-state index is 0.0625. The van der Waals surface area contributed by atoms with Crippen LogP contribution in [0.15, 0.2) is 18.2 Å². The predicted octanol–water partition coefficient (Wildman–Crippen LogP) is 4.47. The largest absolute Gasteiger partial charge is 0.416 e. The summed E-state index contributed by atoms with van der Waals surface area (Å²) in [5.74, 6) is 0. The number of rotatable bonds is 2. The van der Waals surface area contributed by atoms with E-state index in [1.54, 1.807) is 0 Å². The summed E-state index contributed by atoms with van der Waals surface area (Å²) >= 11 is 0. The van der Waals surface area contributed by atoms with E-state index in [4.69, 9.17) is 0 Å². The molecule has 1 saturated heterocycles. The SMILES string of the molecule is FC(F)(F)c1cc(CN2CC2C(F)(F)F)cc(C(F)(F)F)c1. The lowest BCUT2D eigenvalue weighted by molar-refractivity contribution is -0.143. The molecule has 0 saturated carbocycles. The van der Waals surface area contributed by atoms with Gasteiger partial charge in [0, 0.05) is 13.1 Å². The first-order valence-electron chi connectivity index (χ1n) is 5.87. The lowest BCUT2D eigenvalue weighted by Crippen LogP contribution is -2.21. The van der Waals surface area contributed by atoms with Gasteiger partial charge in [-0.1, -0.05) is 0 Å². The summed E-state index contributed by atoms with van der Waals surface area (Å²) in [6.07, 6.45) is -14.6. The summed E-state index contributed by atoms with van der Waals surface area (Å²) in [7, 11) is 0. The van der Waals surface area contributed by atoms with Crippen LogP contribution < -0.4 is 0 Å². The van der Waals surface area contributed by atoms with Crippen LogP contribution in [0.5, 0.6) is 0 Å². The molecule has 0 bridgehead atoms. The van der Waals surface area contributed by atoms with Crippen molar-refractivity contribution in [3.8, 4) is 0 Å². The van der Waals surface area contributed by atoms with Gasteiger partial charge in [-0.2, -0.15) is 39.5 Å². The van der Waals surface area contributed by atoms with E-state index >= 15 is 0 Å². The molecular formula is C12H8F9N. The standard InChI is InChI=1S/C12H8F9N/c13-10(14,15)7-1-6(2-8(3-7)11(16,17)18)4-22-5-9(22)12(19,20)21/h1-3,9H,4-5H2. The molecule has 1 fully saturated rings. The molecular weight excluding hydrogens is 329 g/mol. The first-order chi connectivity index (χ1) is 9.78. The van der Waals surface area contributed by atoms with Crippen LogP contribution in [-0.2, 0) is 18.9 Å². The number of hydrogen-bond donors (Lipinski definition) is 0. The molecule has 1 nitrogen and oxygen atoms in total. The number of hydrogen-bond acceptors (Lipinski definition) is 1. The summed E-state index contributed by atoms with van der Waals surface area (Å²) in [6.45, 7) is -1.07. The van der Waals surface area contributed by atoms with Gasteiger partial charge in [0.05, 0.1) is 11.1 Å². The maximum absolute atomic E-state index is 12.6. The molecule has 0 amide bonds. The molecule has 0 spiro atoms. The van der Waals surface area contributed by atoms with Crippen LogP contribution in [0.3, 0.4) is 0 Å². The van der Waals surface area contributed by atoms with Gasteiger partial charge in [-0.15, -0.1) is 0 Å².